The minimum Gasteiger partial charge on any atom is -0.207 e. The van der Waals surface area contributed by atoms with Gasteiger partial charge in [0.2, 0.25) is 0 Å². The summed E-state index contributed by atoms with van der Waals surface area (Å²) in [4.78, 5) is 0. The van der Waals surface area contributed by atoms with Crippen LogP contribution in [0.4, 0.5) is 4.39 Å². The van der Waals surface area contributed by atoms with E-state index in [1.807, 2.05) is 20.8 Å². The number of hydrogen-bond acceptors (Lipinski definition) is 1. The first-order valence-electron chi connectivity index (χ1n) is 4.61. The largest absolute Gasteiger partial charge is 0.207 e. The van der Waals surface area contributed by atoms with E-state index in [0.717, 1.165) is 11.1 Å². The molecule has 1 rings (SSSR count). The minimum atomic E-state index is -0.432. The van der Waals surface area contributed by atoms with Gasteiger partial charge in [-0.05, 0) is 50.5 Å². The molecule has 0 bridgehead atoms. The highest BCUT2D eigenvalue weighted by Crippen LogP contribution is 2.23. The standard InChI is InChI=1S/C12H14FN/c1-9-4-5-11(13)6-10(9)7-12(2,3)8-14/h4-6H,7H2,1-3H3. The molecule has 1 aromatic rings. The van der Waals surface area contributed by atoms with Gasteiger partial charge >= 0.3 is 0 Å². The first kappa shape index (κ1) is 10.7. The summed E-state index contributed by atoms with van der Waals surface area (Å²) in [6.07, 6.45) is 0.590. The van der Waals surface area contributed by atoms with Gasteiger partial charge in [0.05, 0.1) is 11.5 Å². The highest BCUT2D eigenvalue weighted by molar-refractivity contribution is 5.28. The van der Waals surface area contributed by atoms with E-state index < -0.39 is 5.41 Å². The molecule has 0 spiro atoms. The molecule has 74 valence electrons. The molecule has 0 saturated heterocycles. The van der Waals surface area contributed by atoms with Gasteiger partial charge in [-0.1, -0.05) is 6.07 Å². The highest BCUT2D eigenvalue weighted by Gasteiger charge is 2.18. The maximum Gasteiger partial charge on any atom is 0.123 e. The van der Waals surface area contributed by atoms with E-state index in [-0.39, 0.29) is 5.82 Å². The van der Waals surface area contributed by atoms with Crippen LogP contribution in [0.25, 0.3) is 0 Å². The van der Waals surface area contributed by atoms with E-state index in [9.17, 15) is 4.39 Å². The van der Waals surface area contributed by atoms with Crippen LogP contribution < -0.4 is 0 Å². The second-order valence-electron chi connectivity index (χ2n) is 4.24. The second kappa shape index (κ2) is 3.79. The van der Waals surface area contributed by atoms with Crippen molar-refractivity contribution < 1.29 is 4.39 Å². The maximum atomic E-state index is 12.9. The maximum absolute atomic E-state index is 12.9. The van der Waals surface area contributed by atoms with Crippen LogP contribution in [0.1, 0.15) is 25.0 Å². The number of aryl methyl sites for hydroxylation is 1. The van der Waals surface area contributed by atoms with Crippen molar-refractivity contribution in [2.75, 3.05) is 0 Å². The summed E-state index contributed by atoms with van der Waals surface area (Å²) in [5.74, 6) is -0.237. The van der Waals surface area contributed by atoms with Crippen molar-refractivity contribution in [3.05, 3.63) is 35.1 Å². The number of benzene rings is 1. The molecule has 2 heteroatoms. The Morgan fingerprint density at radius 2 is 2.07 bits per heavy atom. The molecule has 0 aromatic heterocycles. The smallest absolute Gasteiger partial charge is 0.123 e. The molecule has 0 aliphatic rings. The average molecular weight is 191 g/mol. The third kappa shape index (κ3) is 2.56. The number of nitrogens with zero attached hydrogens (tertiary/aromatic N) is 1. The molecule has 0 atom stereocenters. The van der Waals surface area contributed by atoms with Crippen molar-refractivity contribution in [3.63, 3.8) is 0 Å². The molecule has 1 nitrogen and oxygen atoms in total. The molecule has 0 fully saturated rings. The molecule has 0 saturated carbocycles. The lowest BCUT2D eigenvalue weighted by Gasteiger charge is -2.16. The van der Waals surface area contributed by atoms with Gasteiger partial charge in [0.1, 0.15) is 5.82 Å². The van der Waals surface area contributed by atoms with E-state index in [0.29, 0.717) is 6.42 Å². The average Bonchev–Trinajstić information content (AvgIpc) is 2.11. The second-order valence-corrected chi connectivity index (χ2v) is 4.24. The summed E-state index contributed by atoms with van der Waals surface area (Å²) in [5, 5.41) is 8.87. The Morgan fingerprint density at radius 1 is 1.43 bits per heavy atom. The zero-order chi connectivity index (χ0) is 10.8. The monoisotopic (exact) mass is 191 g/mol. The van der Waals surface area contributed by atoms with Gasteiger partial charge < -0.3 is 0 Å². The van der Waals surface area contributed by atoms with Gasteiger partial charge in [-0.2, -0.15) is 5.26 Å². The van der Waals surface area contributed by atoms with Crippen molar-refractivity contribution in [2.45, 2.75) is 27.2 Å². The van der Waals surface area contributed by atoms with Crippen molar-refractivity contribution in [1.82, 2.24) is 0 Å². The van der Waals surface area contributed by atoms with Crippen LogP contribution in [0.5, 0.6) is 0 Å². The summed E-state index contributed by atoms with van der Waals surface area (Å²) >= 11 is 0. The van der Waals surface area contributed by atoms with Crippen LogP contribution >= 0.6 is 0 Å². The molecule has 0 N–H and O–H groups in total. The van der Waals surface area contributed by atoms with Crippen molar-refractivity contribution in [1.29, 1.82) is 5.26 Å². The number of rotatable bonds is 2. The Morgan fingerprint density at radius 3 is 2.64 bits per heavy atom. The molecule has 0 heterocycles. The molecular formula is C12H14FN. The number of nitriles is 1. The quantitative estimate of drug-likeness (QED) is 0.704. The SMILES string of the molecule is Cc1ccc(F)cc1CC(C)(C)C#N. The fourth-order valence-electron chi connectivity index (χ4n) is 1.35. The van der Waals surface area contributed by atoms with Gasteiger partial charge in [0.25, 0.3) is 0 Å². The van der Waals surface area contributed by atoms with E-state index in [4.69, 9.17) is 5.26 Å². The summed E-state index contributed by atoms with van der Waals surface area (Å²) in [5.41, 5.74) is 1.52. The molecule has 1 aromatic carbocycles. The van der Waals surface area contributed by atoms with Crippen LogP contribution in [-0.2, 0) is 6.42 Å². The Balaban J connectivity index is 2.98. The zero-order valence-electron chi connectivity index (χ0n) is 8.76. The predicted molar refractivity (Wildman–Crippen MR) is 54.2 cm³/mol. The zero-order valence-corrected chi connectivity index (χ0v) is 8.76. The summed E-state index contributed by atoms with van der Waals surface area (Å²) in [7, 11) is 0. The molecule has 14 heavy (non-hydrogen) atoms. The molecule has 0 aliphatic heterocycles. The van der Waals surface area contributed by atoms with Crippen LogP contribution in [-0.4, -0.2) is 0 Å². The van der Waals surface area contributed by atoms with Crippen LogP contribution in [0, 0.1) is 29.5 Å². The third-order valence-electron chi connectivity index (χ3n) is 2.25. The lowest BCUT2D eigenvalue weighted by Crippen LogP contribution is -2.12. The Labute approximate surface area is 84.2 Å². The first-order chi connectivity index (χ1) is 6.44. The van der Waals surface area contributed by atoms with Gasteiger partial charge in [0.15, 0.2) is 0 Å². The van der Waals surface area contributed by atoms with Gasteiger partial charge in [-0.3, -0.25) is 0 Å². The molecule has 0 aliphatic carbocycles. The fraction of sp³-hybridized carbons (Fsp3) is 0.417. The van der Waals surface area contributed by atoms with Crippen LogP contribution in [0.2, 0.25) is 0 Å². The molecule has 0 radical (unpaired) electrons. The Hall–Kier alpha value is -1.36. The fourth-order valence-corrected chi connectivity index (χ4v) is 1.35. The van der Waals surface area contributed by atoms with Gasteiger partial charge in [-0.15, -0.1) is 0 Å². The van der Waals surface area contributed by atoms with Gasteiger partial charge in [0, 0.05) is 0 Å². The summed E-state index contributed by atoms with van der Waals surface area (Å²) in [6.45, 7) is 5.65. The third-order valence-corrected chi connectivity index (χ3v) is 2.25. The van der Waals surface area contributed by atoms with Crippen molar-refractivity contribution in [2.24, 2.45) is 5.41 Å². The Kier molecular flexibility index (Phi) is 2.90. The van der Waals surface area contributed by atoms with Crippen molar-refractivity contribution >= 4 is 0 Å². The van der Waals surface area contributed by atoms with Gasteiger partial charge in [-0.25, -0.2) is 4.39 Å². The van der Waals surface area contributed by atoms with E-state index in [1.165, 1.54) is 12.1 Å². The number of halogens is 1. The lowest BCUT2D eigenvalue weighted by molar-refractivity contribution is 0.490. The molecule has 0 unspecified atom stereocenters. The van der Waals surface area contributed by atoms with E-state index >= 15 is 0 Å². The highest BCUT2D eigenvalue weighted by atomic mass is 19.1. The van der Waals surface area contributed by atoms with E-state index in [1.54, 1.807) is 6.07 Å². The van der Waals surface area contributed by atoms with Crippen molar-refractivity contribution in [3.8, 4) is 6.07 Å². The normalized spacial score (nSPS) is 11.1. The number of hydrogen-bond donors (Lipinski definition) is 0. The predicted octanol–water partition coefficient (Wildman–Crippen LogP) is 3.23. The first-order valence-corrected chi connectivity index (χ1v) is 4.61. The van der Waals surface area contributed by atoms with E-state index in [2.05, 4.69) is 6.07 Å². The topological polar surface area (TPSA) is 23.8 Å². The van der Waals surface area contributed by atoms with Crippen LogP contribution in [0.3, 0.4) is 0 Å². The molecular weight excluding hydrogens is 177 g/mol. The Bertz CT molecular complexity index is 374. The summed E-state index contributed by atoms with van der Waals surface area (Å²) in [6, 6.07) is 6.91. The van der Waals surface area contributed by atoms with Crippen LogP contribution in [0.15, 0.2) is 18.2 Å². The molecule has 0 amide bonds. The summed E-state index contributed by atoms with van der Waals surface area (Å²) < 4.78 is 12.9. The minimum absolute atomic E-state index is 0.237. The lowest BCUT2D eigenvalue weighted by atomic mass is 9.86.